The minimum atomic E-state index is -0.853. The highest BCUT2D eigenvalue weighted by molar-refractivity contribution is 7.12. The van der Waals surface area contributed by atoms with E-state index in [9.17, 15) is 9.59 Å². The first-order chi connectivity index (χ1) is 16.1. The second kappa shape index (κ2) is 12.9. The van der Waals surface area contributed by atoms with Crippen molar-refractivity contribution in [2.45, 2.75) is 37.8 Å². The van der Waals surface area contributed by atoms with E-state index in [0.717, 1.165) is 32.2 Å². The SMILES string of the molecule is NCCCCc1ccc(CCNC(=O)[C@H](NC(=O)[C@H](N)c2ccccc2)c2ccccc2)s1. The summed E-state index contributed by atoms with van der Waals surface area (Å²) < 4.78 is 0. The number of hydrogen-bond acceptors (Lipinski definition) is 5. The highest BCUT2D eigenvalue weighted by Gasteiger charge is 2.25. The minimum Gasteiger partial charge on any atom is -0.354 e. The summed E-state index contributed by atoms with van der Waals surface area (Å²) in [5, 5.41) is 5.80. The Hall–Kier alpha value is -3.00. The number of nitrogens with one attached hydrogen (secondary N) is 2. The molecule has 0 bridgehead atoms. The van der Waals surface area contributed by atoms with Crippen molar-refractivity contribution in [3.05, 3.63) is 93.7 Å². The molecule has 0 fully saturated rings. The Kier molecular flexibility index (Phi) is 9.62. The van der Waals surface area contributed by atoms with Gasteiger partial charge in [-0.1, -0.05) is 60.7 Å². The van der Waals surface area contributed by atoms with E-state index in [4.69, 9.17) is 11.5 Å². The molecule has 7 heteroatoms. The lowest BCUT2D eigenvalue weighted by Crippen LogP contribution is -2.44. The molecule has 6 nitrogen and oxygen atoms in total. The number of nitrogens with two attached hydrogens (primary N) is 2. The Morgan fingerprint density at radius 2 is 1.39 bits per heavy atom. The number of amides is 2. The monoisotopic (exact) mass is 464 g/mol. The molecule has 1 heterocycles. The Morgan fingerprint density at radius 3 is 2.03 bits per heavy atom. The van der Waals surface area contributed by atoms with Crippen LogP contribution in [0.2, 0.25) is 0 Å². The maximum absolute atomic E-state index is 13.0. The first-order valence-corrected chi connectivity index (χ1v) is 12.1. The zero-order valence-electron chi connectivity index (χ0n) is 18.7. The lowest BCUT2D eigenvalue weighted by atomic mass is 10.0. The first-order valence-electron chi connectivity index (χ1n) is 11.3. The van der Waals surface area contributed by atoms with Crippen molar-refractivity contribution in [2.75, 3.05) is 13.1 Å². The number of carbonyl (C=O) groups excluding carboxylic acids is 2. The summed E-state index contributed by atoms with van der Waals surface area (Å²) in [7, 11) is 0. The van der Waals surface area contributed by atoms with Gasteiger partial charge in [0.2, 0.25) is 11.8 Å². The highest BCUT2D eigenvalue weighted by atomic mass is 32.1. The van der Waals surface area contributed by atoms with Gasteiger partial charge in [0, 0.05) is 16.3 Å². The van der Waals surface area contributed by atoms with Crippen molar-refractivity contribution in [2.24, 2.45) is 11.5 Å². The number of carbonyl (C=O) groups is 2. The van der Waals surface area contributed by atoms with Crippen LogP contribution in [-0.4, -0.2) is 24.9 Å². The van der Waals surface area contributed by atoms with Gasteiger partial charge in [0.1, 0.15) is 12.1 Å². The van der Waals surface area contributed by atoms with Crippen molar-refractivity contribution in [1.29, 1.82) is 0 Å². The van der Waals surface area contributed by atoms with E-state index in [0.29, 0.717) is 17.7 Å². The second-order valence-corrected chi connectivity index (χ2v) is 9.15. The average molecular weight is 465 g/mol. The molecule has 2 atom stereocenters. The van der Waals surface area contributed by atoms with Crippen molar-refractivity contribution in [1.82, 2.24) is 10.6 Å². The fourth-order valence-electron chi connectivity index (χ4n) is 3.54. The highest BCUT2D eigenvalue weighted by Crippen LogP contribution is 2.19. The number of aryl methyl sites for hydroxylation is 1. The minimum absolute atomic E-state index is 0.255. The van der Waals surface area contributed by atoms with Crippen LogP contribution in [0.1, 0.15) is 45.8 Å². The molecule has 3 rings (SSSR count). The van der Waals surface area contributed by atoms with Crippen LogP contribution in [0.25, 0.3) is 0 Å². The summed E-state index contributed by atoms with van der Waals surface area (Å²) in [6.45, 7) is 1.21. The third-order valence-electron chi connectivity index (χ3n) is 5.39. The van der Waals surface area contributed by atoms with Gasteiger partial charge in [0.15, 0.2) is 0 Å². The largest absolute Gasteiger partial charge is 0.354 e. The molecule has 0 aliphatic heterocycles. The molecule has 0 spiro atoms. The van der Waals surface area contributed by atoms with Crippen LogP contribution >= 0.6 is 11.3 Å². The van der Waals surface area contributed by atoms with Gasteiger partial charge in [-0.3, -0.25) is 9.59 Å². The normalized spacial score (nSPS) is 12.7. The maximum Gasteiger partial charge on any atom is 0.247 e. The van der Waals surface area contributed by atoms with Gasteiger partial charge in [-0.15, -0.1) is 11.3 Å². The molecule has 2 amide bonds. The smallest absolute Gasteiger partial charge is 0.247 e. The van der Waals surface area contributed by atoms with Crippen LogP contribution in [-0.2, 0) is 22.4 Å². The molecule has 2 aromatic carbocycles. The average Bonchev–Trinajstić information content (AvgIpc) is 3.30. The lowest BCUT2D eigenvalue weighted by molar-refractivity contribution is -0.129. The molecule has 0 saturated heterocycles. The molecule has 0 unspecified atom stereocenters. The predicted molar refractivity (Wildman–Crippen MR) is 134 cm³/mol. The van der Waals surface area contributed by atoms with Crippen molar-refractivity contribution in [3.63, 3.8) is 0 Å². The lowest BCUT2D eigenvalue weighted by Gasteiger charge is -2.21. The number of benzene rings is 2. The molecule has 33 heavy (non-hydrogen) atoms. The molecule has 0 aliphatic carbocycles. The van der Waals surface area contributed by atoms with Crippen molar-refractivity contribution in [3.8, 4) is 0 Å². The summed E-state index contributed by atoms with van der Waals surface area (Å²) in [6, 6.07) is 20.9. The van der Waals surface area contributed by atoms with Gasteiger partial charge in [0.25, 0.3) is 0 Å². The van der Waals surface area contributed by atoms with E-state index in [1.165, 1.54) is 9.75 Å². The molecular formula is C26H32N4O2S. The molecule has 0 aliphatic rings. The molecule has 3 aromatic rings. The van der Waals surface area contributed by atoms with Crippen LogP contribution in [0, 0.1) is 0 Å². The Morgan fingerprint density at radius 1 is 0.788 bits per heavy atom. The van der Waals surface area contributed by atoms with Gasteiger partial charge in [-0.05, 0) is 55.5 Å². The summed E-state index contributed by atoms with van der Waals surface area (Å²) in [6.07, 6.45) is 3.91. The number of rotatable bonds is 12. The van der Waals surface area contributed by atoms with Crippen LogP contribution < -0.4 is 22.1 Å². The fraction of sp³-hybridized carbons (Fsp3) is 0.308. The van der Waals surface area contributed by atoms with Crippen molar-refractivity contribution < 1.29 is 9.59 Å². The number of thiophene rings is 1. The van der Waals surface area contributed by atoms with E-state index in [1.54, 1.807) is 23.5 Å². The van der Waals surface area contributed by atoms with E-state index < -0.39 is 18.0 Å². The third kappa shape index (κ3) is 7.53. The predicted octanol–water partition coefficient (Wildman–Crippen LogP) is 3.25. The summed E-state index contributed by atoms with van der Waals surface area (Å²) in [4.78, 5) is 28.4. The van der Waals surface area contributed by atoms with E-state index in [2.05, 4.69) is 22.8 Å². The van der Waals surface area contributed by atoms with E-state index >= 15 is 0 Å². The molecule has 0 saturated carbocycles. The quantitative estimate of drug-likeness (QED) is 0.308. The topological polar surface area (TPSA) is 110 Å². The van der Waals surface area contributed by atoms with Crippen LogP contribution in [0.15, 0.2) is 72.8 Å². The third-order valence-corrected chi connectivity index (χ3v) is 6.59. The van der Waals surface area contributed by atoms with Gasteiger partial charge in [-0.2, -0.15) is 0 Å². The number of hydrogen-bond donors (Lipinski definition) is 4. The Balaban J connectivity index is 1.59. The van der Waals surface area contributed by atoms with E-state index in [-0.39, 0.29) is 5.91 Å². The zero-order chi connectivity index (χ0) is 23.5. The number of unbranched alkanes of at least 4 members (excludes halogenated alkanes) is 1. The first kappa shape index (κ1) is 24.6. The van der Waals surface area contributed by atoms with Crippen molar-refractivity contribution >= 4 is 23.2 Å². The van der Waals surface area contributed by atoms with Gasteiger partial charge in [-0.25, -0.2) is 0 Å². The van der Waals surface area contributed by atoms with Crippen LogP contribution in [0.3, 0.4) is 0 Å². The van der Waals surface area contributed by atoms with Gasteiger partial charge >= 0.3 is 0 Å². The summed E-state index contributed by atoms with van der Waals surface area (Å²) in [5.74, 6) is -0.653. The summed E-state index contributed by atoms with van der Waals surface area (Å²) in [5.41, 5.74) is 13.1. The Labute approximate surface area is 199 Å². The van der Waals surface area contributed by atoms with Crippen LogP contribution in [0.4, 0.5) is 0 Å². The molecule has 6 N–H and O–H groups in total. The molecular weight excluding hydrogens is 432 g/mol. The van der Waals surface area contributed by atoms with Crippen LogP contribution in [0.5, 0.6) is 0 Å². The van der Waals surface area contributed by atoms with Gasteiger partial charge < -0.3 is 22.1 Å². The van der Waals surface area contributed by atoms with E-state index in [1.807, 2.05) is 48.5 Å². The summed E-state index contributed by atoms with van der Waals surface area (Å²) >= 11 is 1.77. The Bertz CT molecular complexity index is 1010. The standard InChI is InChI=1S/C26H32N4O2S/c27-17-8-7-13-21-14-15-22(33-21)16-18-29-26(32)24(20-11-5-2-6-12-20)30-25(31)23(28)19-9-3-1-4-10-19/h1-6,9-12,14-15,23-24H,7-8,13,16-18,27-28H2,(H,29,32)(H,30,31)/t23-,24-/m1/s1. The molecule has 174 valence electrons. The molecule has 0 radical (unpaired) electrons. The maximum atomic E-state index is 13.0. The zero-order valence-corrected chi connectivity index (χ0v) is 19.5. The fourth-order valence-corrected chi connectivity index (χ4v) is 4.59. The van der Waals surface area contributed by atoms with Gasteiger partial charge in [0.05, 0.1) is 0 Å². The molecule has 1 aromatic heterocycles. The second-order valence-electron chi connectivity index (χ2n) is 7.90.